The van der Waals surface area contributed by atoms with Gasteiger partial charge in [-0.2, -0.15) is 13.2 Å². The molecule has 0 atom stereocenters. The molecule has 0 radical (unpaired) electrons. The molecule has 1 amide bonds. The number of halogens is 4. The van der Waals surface area contributed by atoms with E-state index in [0.29, 0.717) is 10.7 Å². The van der Waals surface area contributed by atoms with Crippen LogP contribution >= 0.6 is 11.6 Å². The summed E-state index contributed by atoms with van der Waals surface area (Å²) in [6.07, 6.45) is -4.21. The number of hydrogen-bond acceptors (Lipinski definition) is 2. The molecule has 0 saturated carbocycles. The fourth-order valence-corrected chi connectivity index (χ4v) is 1.92. The average Bonchev–Trinajstić information content (AvgIpc) is 2.48. The maximum Gasteiger partial charge on any atom is 0.422 e. The molecule has 0 aromatic heterocycles. The van der Waals surface area contributed by atoms with Crippen molar-refractivity contribution < 1.29 is 22.7 Å². The van der Waals surface area contributed by atoms with Crippen molar-refractivity contribution in [2.75, 3.05) is 11.9 Å². The average molecular weight is 344 g/mol. The molecular weight excluding hydrogens is 331 g/mol. The molecule has 0 unspecified atom stereocenters. The zero-order valence-electron chi connectivity index (χ0n) is 11.9. The number of ether oxygens (including phenoxy) is 1. The van der Waals surface area contributed by atoms with Gasteiger partial charge in [0, 0.05) is 10.7 Å². The summed E-state index contributed by atoms with van der Waals surface area (Å²) in [5.74, 6) is -0.158. The van der Waals surface area contributed by atoms with Gasteiger partial charge in [-0.05, 0) is 42.0 Å². The van der Waals surface area contributed by atoms with Gasteiger partial charge in [-0.1, -0.05) is 23.7 Å². The zero-order valence-corrected chi connectivity index (χ0v) is 12.6. The molecule has 0 saturated heterocycles. The number of carbonyl (C=O) groups excluding carboxylic acids is 1. The molecule has 3 nitrogen and oxygen atoms in total. The molecule has 0 fully saturated rings. The van der Waals surface area contributed by atoms with Gasteiger partial charge in [0.1, 0.15) is 5.75 Å². The third-order valence-corrected chi connectivity index (χ3v) is 3.07. The second kappa shape index (κ2) is 7.37. The van der Waals surface area contributed by atoms with Gasteiger partial charge in [0.2, 0.25) is 5.91 Å². The minimum Gasteiger partial charge on any atom is -0.484 e. The topological polar surface area (TPSA) is 38.3 Å². The van der Waals surface area contributed by atoms with E-state index in [1.165, 1.54) is 24.3 Å². The fourth-order valence-electron chi connectivity index (χ4n) is 1.79. The van der Waals surface area contributed by atoms with Crippen molar-refractivity contribution in [1.29, 1.82) is 0 Å². The van der Waals surface area contributed by atoms with Crippen LogP contribution in [0.4, 0.5) is 18.9 Å². The van der Waals surface area contributed by atoms with Crippen molar-refractivity contribution in [2.45, 2.75) is 12.6 Å². The van der Waals surface area contributed by atoms with Crippen molar-refractivity contribution in [2.24, 2.45) is 0 Å². The summed E-state index contributed by atoms with van der Waals surface area (Å²) in [5, 5.41) is 3.24. The Hall–Kier alpha value is -2.21. The normalized spacial score (nSPS) is 11.1. The van der Waals surface area contributed by atoms with Crippen molar-refractivity contribution >= 4 is 23.2 Å². The Balaban J connectivity index is 1.87. The lowest BCUT2D eigenvalue weighted by Crippen LogP contribution is -2.19. The van der Waals surface area contributed by atoms with Crippen LogP contribution in [0.2, 0.25) is 5.02 Å². The number of anilines is 1. The highest BCUT2D eigenvalue weighted by molar-refractivity contribution is 6.30. The van der Waals surface area contributed by atoms with E-state index >= 15 is 0 Å². The SMILES string of the molecule is O=C(Cc1ccc(Cl)cc1)Nc1ccc(OCC(F)(F)F)cc1. The molecule has 0 aliphatic heterocycles. The maximum absolute atomic E-state index is 12.0. The molecule has 0 aliphatic rings. The molecule has 23 heavy (non-hydrogen) atoms. The number of carbonyl (C=O) groups is 1. The van der Waals surface area contributed by atoms with Crippen LogP contribution < -0.4 is 10.1 Å². The molecular formula is C16H13ClF3NO2. The van der Waals surface area contributed by atoms with E-state index in [0.717, 1.165) is 5.56 Å². The summed E-state index contributed by atoms with van der Waals surface area (Å²) < 4.78 is 40.7. The van der Waals surface area contributed by atoms with Crippen LogP contribution in [0.3, 0.4) is 0 Å². The smallest absolute Gasteiger partial charge is 0.422 e. The van der Waals surface area contributed by atoms with Crippen LogP contribution in [0.5, 0.6) is 5.75 Å². The fraction of sp³-hybridized carbons (Fsp3) is 0.188. The van der Waals surface area contributed by atoms with Crippen molar-refractivity contribution in [3.05, 3.63) is 59.1 Å². The molecule has 7 heteroatoms. The molecule has 0 aliphatic carbocycles. The van der Waals surface area contributed by atoms with Crippen LogP contribution in [0, 0.1) is 0 Å². The van der Waals surface area contributed by atoms with E-state index in [2.05, 4.69) is 10.1 Å². The molecule has 2 aromatic rings. The lowest BCUT2D eigenvalue weighted by Gasteiger charge is -2.10. The lowest BCUT2D eigenvalue weighted by atomic mass is 10.1. The molecule has 0 bridgehead atoms. The Bertz CT molecular complexity index is 655. The lowest BCUT2D eigenvalue weighted by molar-refractivity contribution is -0.153. The largest absolute Gasteiger partial charge is 0.484 e. The highest BCUT2D eigenvalue weighted by atomic mass is 35.5. The number of rotatable bonds is 5. The second-order valence-electron chi connectivity index (χ2n) is 4.78. The van der Waals surface area contributed by atoms with Gasteiger partial charge in [-0.15, -0.1) is 0 Å². The van der Waals surface area contributed by atoms with Crippen molar-refractivity contribution in [1.82, 2.24) is 0 Å². The summed E-state index contributed by atoms with van der Waals surface area (Å²) in [7, 11) is 0. The maximum atomic E-state index is 12.0. The van der Waals surface area contributed by atoms with Gasteiger partial charge in [-0.25, -0.2) is 0 Å². The van der Waals surface area contributed by atoms with Gasteiger partial charge < -0.3 is 10.1 Å². The summed E-state index contributed by atoms with van der Waals surface area (Å²) >= 11 is 5.76. The predicted molar refractivity (Wildman–Crippen MR) is 81.8 cm³/mol. The quantitative estimate of drug-likeness (QED) is 0.870. The second-order valence-corrected chi connectivity index (χ2v) is 5.22. The summed E-state index contributed by atoms with van der Waals surface area (Å²) in [4.78, 5) is 11.9. The summed E-state index contributed by atoms with van der Waals surface area (Å²) in [6.45, 7) is -1.35. The van der Waals surface area contributed by atoms with Crippen molar-refractivity contribution in [3.63, 3.8) is 0 Å². The number of alkyl halides is 3. The first kappa shape index (κ1) is 17.1. The predicted octanol–water partition coefficient (Wildman–Crippen LogP) is 4.46. The Morgan fingerprint density at radius 3 is 2.22 bits per heavy atom. The number of benzene rings is 2. The Kier molecular flexibility index (Phi) is 5.50. The highest BCUT2D eigenvalue weighted by Gasteiger charge is 2.28. The van der Waals surface area contributed by atoms with Gasteiger partial charge in [-0.3, -0.25) is 4.79 Å². The number of nitrogens with one attached hydrogen (secondary N) is 1. The first-order valence-corrected chi connectivity index (χ1v) is 7.03. The molecule has 122 valence electrons. The third-order valence-electron chi connectivity index (χ3n) is 2.82. The van der Waals surface area contributed by atoms with Crippen LogP contribution in [-0.2, 0) is 11.2 Å². The van der Waals surface area contributed by atoms with Crippen LogP contribution in [0.15, 0.2) is 48.5 Å². The number of hydrogen-bond donors (Lipinski definition) is 1. The van der Waals surface area contributed by atoms with E-state index in [9.17, 15) is 18.0 Å². The van der Waals surface area contributed by atoms with E-state index in [-0.39, 0.29) is 18.1 Å². The van der Waals surface area contributed by atoms with Gasteiger partial charge in [0.15, 0.2) is 6.61 Å². The Morgan fingerprint density at radius 1 is 1.04 bits per heavy atom. The van der Waals surface area contributed by atoms with E-state index in [1.54, 1.807) is 24.3 Å². The third kappa shape index (κ3) is 6.20. The van der Waals surface area contributed by atoms with Gasteiger partial charge in [0.05, 0.1) is 6.42 Å². The minimum absolute atomic E-state index is 0.0815. The van der Waals surface area contributed by atoms with Gasteiger partial charge >= 0.3 is 6.18 Å². The highest BCUT2D eigenvalue weighted by Crippen LogP contribution is 2.20. The molecule has 0 heterocycles. The van der Waals surface area contributed by atoms with Crippen LogP contribution in [-0.4, -0.2) is 18.7 Å². The van der Waals surface area contributed by atoms with E-state index in [1.807, 2.05) is 0 Å². The summed E-state index contributed by atoms with van der Waals surface area (Å²) in [6, 6.07) is 12.6. The molecule has 0 spiro atoms. The van der Waals surface area contributed by atoms with E-state index in [4.69, 9.17) is 11.6 Å². The van der Waals surface area contributed by atoms with Crippen molar-refractivity contribution in [3.8, 4) is 5.75 Å². The first-order valence-electron chi connectivity index (χ1n) is 6.66. The van der Waals surface area contributed by atoms with Crippen LogP contribution in [0.1, 0.15) is 5.56 Å². The standard InChI is InChI=1S/C16H13ClF3NO2/c17-12-3-1-11(2-4-12)9-15(22)21-13-5-7-14(8-6-13)23-10-16(18,19)20/h1-8H,9-10H2,(H,21,22). The molecule has 1 N–H and O–H groups in total. The van der Waals surface area contributed by atoms with E-state index < -0.39 is 12.8 Å². The minimum atomic E-state index is -4.38. The Morgan fingerprint density at radius 2 is 1.65 bits per heavy atom. The zero-order chi connectivity index (χ0) is 16.9. The van der Waals surface area contributed by atoms with Gasteiger partial charge in [0.25, 0.3) is 0 Å². The monoisotopic (exact) mass is 343 g/mol. The summed E-state index contributed by atoms with van der Waals surface area (Å²) in [5.41, 5.74) is 1.28. The number of amides is 1. The molecule has 2 aromatic carbocycles. The molecule has 2 rings (SSSR count). The van der Waals surface area contributed by atoms with Crippen LogP contribution in [0.25, 0.3) is 0 Å². The Labute approximate surface area is 136 Å². The first-order chi connectivity index (χ1) is 10.8.